The van der Waals surface area contributed by atoms with E-state index in [2.05, 4.69) is 9.62 Å². The van der Waals surface area contributed by atoms with Crippen LogP contribution in [0.15, 0.2) is 48.5 Å². The van der Waals surface area contributed by atoms with Gasteiger partial charge >= 0.3 is 0 Å². The molecule has 8 nitrogen and oxygen atoms in total. The number of ether oxygens (including phenoxy) is 1. The van der Waals surface area contributed by atoms with Crippen molar-refractivity contribution in [1.82, 2.24) is 4.72 Å². The van der Waals surface area contributed by atoms with E-state index in [9.17, 15) is 18.5 Å². The molecule has 1 aliphatic rings. The topological polar surface area (TPSA) is 102 Å². The molecule has 1 aliphatic heterocycles. The molecule has 0 unspecified atom stereocenters. The van der Waals surface area contributed by atoms with Crippen molar-refractivity contribution in [1.29, 1.82) is 0 Å². The van der Waals surface area contributed by atoms with Gasteiger partial charge in [0.25, 0.3) is 5.69 Å². The zero-order valence-corrected chi connectivity index (χ0v) is 15.5. The van der Waals surface area contributed by atoms with Crippen LogP contribution in [0.25, 0.3) is 0 Å². The van der Waals surface area contributed by atoms with Gasteiger partial charge in [0.05, 0.1) is 23.9 Å². The zero-order chi connectivity index (χ0) is 19.3. The average molecular weight is 391 g/mol. The second-order valence-electron chi connectivity index (χ2n) is 6.27. The highest BCUT2D eigenvalue weighted by atomic mass is 32.2. The Morgan fingerprint density at radius 1 is 1.07 bits per heavy atom. The maximum absolute atomic E-state index is 12.3. The van der Waals surface area contributed by atoms with E-state index in [4.69, 9.17) is 4.74 Å². The highest BCUT2D eigenvalue weighted by Crippen LogP contribution is 2.18. The lowest BCUT2D eigenvalue weighted by molar-refractivity contribution is -0.384. The molecule has 1 N–H and O–H groups in total. The van der Waals surface area contributed by atoms with Crippen LogP contribution in [0.1, 0.15) is 11.1 Å². The van der Waals surface area contributed by atoms with Crippen LogP contribution in [-0.2, 0) is 27.1 Å². The van der Waals surface area contributed by atoms with Gasteiger partial charge < -0.3 is 9.64 Å². The summed E-state index contributed by atoms with van der Waals surface area (Å²) in [6, 6.07) is 13.4. The molecule has 0 spiro atoms. The Hall–Kier alpha value is -2.49. The third-order valence-corrected chi connectivity index (χ3v) is 5.58. The summed E-state index contributed by atoms with van der Waals surface area (Å²) in [6.07, 6.45) is 0. The van der Waals surface area contributed by atoms with Crippen molar-refractivity contribution >= 4 is 21.4 Å². The highest BCUT2D eigenvalue weighted by molar-refractivity contribution is 7.88. The molecule has 0 aromatic heterocycles. The number of benzene rings is 2. The minimum atomic E-state index is -3.61. The second kappa shape index (κ2) is 8.47. The third-order valence-electron chi connectivity index (χ3n) is 4.29. The summed E-state index contributed by atoms with van der Waals surface area (Å²) >= 11 is 0. The molecule has 0 bridgehead atoms. The van der Waals surface area contributed by atoms with Gasteiger partial charge in [-0.2, -0.15) is 0 Å². The molecule has 0 amide bonds. The van der Waals surface area contributed by atoms with Gasteiger partial charge in [0.1, 0.15) is 0 Å². The summed E-state index contributed by atoms with van der Waals surface area (Å²) in [4.78, 5) is 12.5. The van der Waals surface area contributed by atoms with E-state index in [0.717, 1.165) is 24.3 Å². The highest BCUT2D eigenvalue weighted by Gasteiger charge is 2.15. The first-order chi connectivity index (χ1) is 12.9. The normalized spacial score (nSPS) is 14.9. The molecule has 0 radical (unpaired) electrons. The molecule has 1 saturated heterocycles. The predicted molar refractivity (Wildman–Crippen MR) is 102 cm³/mol. The van der Waals surface area contributed by atoms with Crippen molar-refractivity contribution < 1.29 is 18.1 Å². The molecular formula is C18H21N3O5S. The molecule has 27 heavy (non-hydrogen) atoms. The van der Waals surface area contributed by atoms with Gasteiger partial charge in [-0.3, -0.25) is 10.1 Å². The van der Waals surface area contributed by atoms with Crippen molar-refractivity contribution in [3.05, 3.63) is 69.8 Å². The van der Waals surface area contributed by atoms with E-state index in [-0.39, 0.29) is 18.0 Å². The Labute approximate surface area is 158 Å². The number of rotatable bonds is 7. The Morgan fingerprint density at radius 2 is 1.78 bits per heavy atom. The van der Waals surface area contributed by atoms with Crippen molar-refractivity contribution in [2.75, 3.05) is 31.2 Å². The van der Waals surface area contributed by atoms with Crippen LogP contribution >= 0.6 is 0 Å². The molecule has 1 heterocycles. The number of non-ortho nitro benzene ring substituents is 1. The molecule has 144 valence electrons. The molecule has 2 aromatic rings. The van der Waals surface area contributed by atoms with Crippen LogP contribution in [0.3, 0.4) is 0 Å². The zero-order valence-electron chi connectivity index (χ0n) is 14.7. The van der Waals surface area contributed by atoms with Crippen LogP contribution in [-0.4, -0.2) is 39.6 Å². The fourth-order valence-electron chi connectivity index (χ4n) is 2.87. The summed E-state index contributed by atoms with van der Waals surface area (Å²) in [6.45, 7) is 3.27. The van der Waals surface area contributed by atoms with E-state index in [1.807, 2.05) is 24.3 Å². The molecule has 9 heteroatoms. The van der Waals surface area contributed by atoms with Crippen molar-refractivity contribution in [3.63, 3.8) is 0 Å². The SMILES string of the molecule is O=[N+]([O-])c1cccc(CS(=O)(=O)NCc2ccc(N3CCOCC3)cc2)c1. The lowest BCUT2D eigenvalue weighted by atomic mass is 10.2. The Bertz CT molecular complexity index is 893. The fourth-order valence-corrected chi connectivity index (χ4v) is 3.98. The molecular weight excluding hydrogens is 370 g/mol. The Kier molecular flexibility index (Phi) is 6.04. The number of nitrogens with zero attached hydrogens (tertiary/aromatic N) is 2. The van der Waals surface area contributed by atoms with E-state index in [1.165, 1.54) is 18.2 Å². The fraction of sp³-hybridized carbons (Fsp3) is 0.333. The van der Waals surface area contributed by atoms with Crippen LogP contribution in [0, 0.1) is 10.1 Å². The van der Waals surface area contributed by atoms with Gasteiger partial charge in [0, 0.05) is 37.5 Å². The number of nitro benzene ring substituents is 1. The number of hydrogen-bond acceptors (Lipinski definition) is 6. The van der Waals surface area contributed by atoms with Crippen molar-refractivity contribution in [2.45, 2.75) is 12.3 Å². The van der Waals surface area contributed by atoms with E-state index in [0.29, 0.717) is 18.8 Å². The number of nitro groups is 1. The molecule has 0 saturated carbocycles. The van der Waals surface area contributed by atoms with Gasteiger partial charge in [-0.15, -0.1) is 0 Å². The average Bonchev–Trinajstić information content (AvgIpc) is 2.67. The molecule has 0 aliphatic carbocycles. The second-order valence-corrected chi connectivity index (χ2v) is 8.08. The van der Waals surface area contributed by atoms with Gasteiger partial charge in [-0.1, -0.05) is 24.3 Å². The van der Waals surface area contributed by atoms with Gasteiger partial charge in [-0.05, 0) is 23.3 Å². The van der Waals surface area contributed by atoms with Crippen LogP contribution < -0.4 is 9.62 Å². The number of hydrogen-bond donors (Lipinski definition) is 1. The molecule has 0 atom stereocenters. The standard InChI is InChI=1S/C18H21N3O5S/c22-21(23)18-3-1-2-16(12-18)14-27(24,25)19-13-15-4-6-17(7-5-15)20-8-10-26-11-9-20/h1-7,12,19H,8-11,13-14H2. The molecule has 1 fully saturated rings. The summed E-state index contributed by atoms with van der Waals surface area (Å²) < 4.78 is 32.4. The molecule has 2 aromatic carbocycles. The number of sulfonamides is 1. The minimum Gasteiger partial charge on any atom is -0.378 e. The van der Waals surface area contributed by atoms with Crippen molar-refractivity contribution in [3.8, 4) is 0 Å². The van der Waals surface area contributed by atoms with Gasteiger partial charge in [0.15, 0.2) is 0 Å². The summed E-state index contributed by atoms with van der Waals surface area (Å²) in [5, 5.41) is 10.8. The van der Waals surface area contributed by atoms with Crippen LogP contribution in [0.2, 0.25) is 0 Å². The smallest absolute Gasteiger partial charge is 0.269 e. The quantitative estimate of drug-likeness (QED) is 0.573. The number of nitrogens with one attached hydrogen (secondary N) is 1. The van der Waals surface area contributed by atoms with E-state index >= 15 is 0 Å². The summed E-state index contributed by atoms with van der Waals surface area (Å²) in [5.74, 6) is -0.305. The number of morpholine rings is 1. The van der Waals surface area contributed by atoms with Crippen molar-refractivity contribution in [2.24, 2.45) is 0 Å². The first-order valence-corrected chi connectivity index (χ1v) is 10.2. The van der Waals surface area contributed by atoms with Crippen LogP contribution in [0.4, 0.5) is 11.4 Å². The Morgan fingerprint density at radius 3 is 2.44 bits per heavy atom. The lowest BCUT2D eigenvalue weighted by Gasteiger charge is -2.28. The van der Waals surface area contributed by atoms with Gasteiger partial charge in [0.2, 0.25) is 10.0 Å². The minimum absolute atomic E-state index is 0.124. The molecule has 3 rings (SSSR count). The van der Waals surface area contributed by atoms with E-state index < -0.39 is 14.9 Å². The Balaban J connectivity index is 1.58. The lowest BCUT2D eigenvalue weighted by Crippen LogP contribution is -2.36. The summed E-state index contributed by atoms with van der Waals surface area (Å²) in [5.41, 5.74) is 2.18. The number of anilines is 1. The predicted octanol–water partition coefficient (Wildman–Crippen LogP) is 2.05. The van der Waals surface area contributed by atoms with Crippen LogP contribution in [0.5, 0.6) is 0 Å². The van der Waals surface area contributed by atoms with Gasteiger partial charge in [-0.25, -0.2) is 13.1 Å². The first-order valence-electron chi connectivity index (χ1n) is 8.55. The monoisotopic (exact) mass is 391 g/mol. The third kappa shape index (κ3) is 5.49. The first kappa shape index (κ1) is 19.3. The maximum atomic E-state index is 12.3. The maximum Gasteiger partial charge on any atom is 0.269 e. The largest absolute Gasteiger partial charge is 0.378 e. The summed E-state index contributed by atoms with van der Waals surface area (Å²) in [7, 11) is -3.61. The van der Waals surface area contributed by atoms with E-state index in [1.54, 1.807) is 6.07 Å².